The van der Waals surface area contributed by atoms with E-state index in [9.17, 15) is 9.59 Å². The minimum absolute atomic E-state index is 0.0989. The lowest BCUT2D eigenvalue weighted by molar-refractivity contribution is -0.118. The van der Waals surface area contributed by atoms with Crippen LogP contribution in [-0.4, -0.2) is 42.4 Å². The van der Waals surface area contributed by atoms with Crippen molar-refractivity contribution in [3.8, 4) is 11.5 Å². The summed E-state index contributed by atoms with van der Waals surface area (Å²) in [5.74, 6) is 1.47. The summed E-state index contributed by atoms with van der Waals surface area (Å²) in [6.07, 6.45) is 2.10. The lowest BCUT2D eigenvalue weighted by atomic mass is 10.1. The van der Waals surface area contributed by atoms with Crippen molar-refractivity contribution in [2.45, 2.75) is 11.4 Å². The molecular weight excluding hydrogens is 330 g/mol. The summed E-state index contributed by atoms with van der Waals surface area (Å²) in [6, 6.07) is 7.32. The molecule has 2 aromatic rings. The third-order valence-corrected chi connectivity index (χ3v) is 4.15. The highest BCUT2D eigenvalue weighted by molar-refractivity contribution is 7.99. The van der Waals surface area contributed by atoms with Gasteiger partial charge in [0.2, 0.25) is 5.91 Å². The van der Waals surface area contributed by atoms with E-state index in [1.807, 2.05) is 18.2 Å². The number of nitrogens with one attached hydrogen (secondary N) is 2. The first-order chi connectivity index (χ1) is 11.6. The van der Waals surface area contributed by atoms with Gasteiger partial charge in [-0.25, -0.2) is 9.78 Å². The van der Waals surface area contributed by atoms with E-state index < -0.39 is 5.69 Å². The molecule has 0 aliphatic heterocycles. The van der Waals surface area contributed by atoms with E-state index in [4.69, 9.17) is 9.47 Å². The highest BCUT2D eigenvalue weighted by atomic mass is 32.2. The number of benzene rings is 1. The van der Waals surface area contributed by atoms with Gasteiger partial charge in [0, 0.05) is 12.7 Å². The zero-order valence-corrected chi connectivity index (χ0v) is 14.3. The number of hydrogen-bond acceptors (Lipinski definition) is 6. The number of ether oxygens (including phenoxy) is 2. The Kier molecular flexibility index (Phi) is 6.68. The number of methoxy groups -OCH3 is 2. The molecule has 24 heavy (non-hydrogen) atoms. The summed E-state index contributed by atoms with van der Waals surface area (Å²) in [5, 5.41) is 3.46. The van der Waals surface area contributed by atoms with Crippen LogP contribution in [0.3, 0.4) is 0 Å². The number of carbonyl (C=O) groups is 1. The molecule has 8 heteroatoms. The Morgan fingerprint density at radius 3 is 2.75 bits per heavy atom. The lowest BCUT2D eigenvalue weighted by Crippen LogP contribution is -2.27. The van der Waals surface area contributed by atoms with Gasteiger partial charge in [0.05, 0.1) is 25.0 Å². The van der Waals surface area contributed by atoms with Crippen LogP contribution in [0.2, 0.25) is 0 Å². The molecule has 0 aliphatic carbocycles. The summed E-state index contributed by atoms with van der Waals surface area (Å²) in [4.78, 5) is 29.0. The van der Waals surface area contributed by atoms with Gasteiger partial charge in [0.1, 0.15) is 0 Å². The molecule has 0 radical (unpaired) electrons. The normalized spacial score (nSPS) is 10.2. The summed E-state index contributed by atoms with van der Waals surface area (Å²) in [5.41, 5.74) is 0.618. The van der Waals surface area contributed by atoms with Crippen molar-refractivity contribution in [3.63, 3.8) is 0 Å². The number of carbonyl (C=O) groups excluding carboxylic acids is 1. The molecule has 2 rings (SSSR count). The molecule has 0 spiro atoms. The number of rotatable bonds is 8. The Bertz CT molecular complexity index is 748. The van der Waals surface area contributed by atoms with E-state index in [0.29, 0.717) is 29.5 Å². The van der Waals surface area contributed by atoms with E-state index in [2.05, 4.69) is 15.3 Å². The van der Waals surface area contributed by atoms with Gasteiger partial charge in [0.15, 0.2) is 11.5 Å². The average Bonchev–Trinajstić information content (AvgIpc) is 2.60. The highest BCUT2D eigenvalue weighted by Gasteiger charge is 2.06. The smallest absolute Gasteiger partial charge is 0.345 e. The van der Waals surface area contributed by atoms with Gasteiger partial charge < -0.3 is 19.8 Å². The third kappa shape index (κ3) is 5.31. The molecule has 1 aromatic carbocycles. The van der Waals surface area contributed by atoms with Crippen molar-refractivity contribution >= 4 is 17.7 Å². The third-order valence-electron chi connectivity index (χ3n) is 3.19. The number of thioether (sulfide) groups is 1. The van der Waals surface area contributed by atoms with Gasteiger partial charge >= 0.3 is 5.69 Å². The summed E-state index contributed by atoms with van der Waals surface area (Å²) >= 11 is 1.26. The van der Waals surface area contributed by atoms with Crippen LogP contribution in [0.15, 0.2) is 40.3 Å². The molecule has 7 nitrogen and oxygen atoms in total. The van der Waals surface area contributed by atoms with E-state index in [1.165, 1.54) is 18.0 Å². The van der Waals surface area contributed by atoms with Crippen molar-refractivity contribution in [1.82, 2.24) is 15.3 Å². The van der Waals surface area contributed by atoms with Crippen LogP contribution in [0.1, 0.15) is 5.56 Å². The number of nitrogens with zero attached hydrogens (tertiary/aromatic N) is 1. The maximum absolute atomic E-state index is 11.8. The van der Waals surface area contributed by atoms with Crippen LogP contribution < -0.4 is 20.5 Å². The molecular formula is C16H19N3O4S. The van der Waals surface area contributed by atoms with Crippen molar-refractivity contribution in [1.29, 1.82) is 0 Å². The Morgan fingerprint density at radius 2 is 2.04 bits per heavy atom. The topological polar surface area (TPSA) is 93.3 Å². The van der Waals surface area contributed by atoms with Crippen molar-refractivity contribution in [2.24, 2.45) is 0 Å². The second-order valence-corrected chi connectivity index (χ2v) is 5.83. The molecule has 1 amide bonds. The quantitative estimate of drug-likeness (QED) is 0.550. The van der Waals surface area contributed by atoms with E-state index >= 15 is 0 Å². The van der Waals surface area contributed by atoms with Gasteiger partial charge in [-0.3, -0.25) is 4.79 Å². The highest BCUT2D eigenvalue weighted by Crippen LogP contribution is 2.27. The first-order valence-corrected chi connectivity index (χ1v) is 8.26. The van der Waals surface area contributed by atoms with E-state index in [0.717, 1.165) is 5.56 Å². The summed E-state index contributed by atoms with van der Waals surface area (Å²) in [7, 11) is 3.18. The van der Waals surface area contributed by atoms with Gasteiger partial charge in [-0.2, -0.15) is 0 Å². The van der Waals surface area contributed by atoms with Gasteiger partial charge in [-0.15, -0.1) is 0 Å². The van der Waals surface area contributed by atoms with Crippen LogP contribution in [0.5, 0.6) is 11.5 Å². The molecule has 0 fully saturated rings. The van der Waals surface area contributed by atoms with E-state index in [1.54, 1.807) is 20.3 Å². The zero-order chi connectivity index (χ0) is 17.4. The fourth-order valence-electron chi connectivity index (χ4n) is 2.01. The SMILES string of the molecule is COc1ccc(CCNC(=O)CSc2ccnc(=O)[nH]2)cc1OC. The van der Waals surface area contributed by atoms with Crippen molar-refractivity contribution in [3.05, 3.63) is 46.5 Å². The number of aromatic nitrogens is 2. The second kappa shape index (κ2) is 8.97. The van der Waals surface area contributed by atoms with Crippen molar-refractivity contribution in [2.75, 3.05) is 26.5 Å². The maximum Gasteiger partial charge on any atom is 0.345 e. The van der Waals surface area contributed by atoms with E-state index in [-0.39, 0.29) is 11.7 Å². The molecule has 1 aromatic heterocycles. The standard InChI is InChI=1S/C16H19N3O4S/c1-22-12-4-3-11(9-13(12)23-2)5-7-17-14(20)10-24-15-6-8-18-16(21)19-15/h3-4,6,8-9H,5,7,10H2,1-2H3,(H,17,20)(H,18,19,21). The Balaban J connectivity index is 1.77. The molecule has 1 heterocycles. The lowest BCUT2D eigenvalue weighted by Gasteiger charge is -2.10. The summed E-state index contributed by atoms with van der Waals surface area (Å²) in [6.45, 7) is 0.516. The van der Waals surface area contributed by atoms with Gasteiger partial charge in [0.25, 0.3) is 0 Å². The molecule has 0 aliphatic rings. The molecule has 128 valence electrons. The fraction of sp³-hybridized carbons (Fsp3) is 0.312. The molecule has 2 N–H and O–H groups in total. The number of aromatic amines is 1. The second-order valence-electron chi connectivity index (χ2n) is 4.82. The van der Waals surface area contributed by atoms with Gasteiger partial charge in [-0.1, -0.05) is 17.8 Å². The Morgan fingerprint density at radius 1 is 1.25 bits per heavy atom. The fourth-order valence-corrected chi connectivity index (χ4v) is 2.72. The average molecular weight is 349 g/mol. The largest absolute Gasteiger partial charge is 0.493 e. The first-order valence-electron chi connectivity index (χ1n) is 7.28. The number of amides is 1. The molecule has 0 saturated carbocycles. The van der Waals surface area contributed by atoms with Crippen LogP contribution in [0, 0.1) is 0 Å². The predicted octanol–water partition coefficient (Wildman–Crippen LogP) is 1.24. The Hall–Kier alpha value is -2.48. The minimum Gasteiger partial charge on any atom is -0.493 e. The van der Waals surface area contributed by atoms with Crippen LogP contribution in [0.25, 0.3) is 0 Å². The molecule has 0 bridgehead atoms. The molecule has 0 saturated heterocycles. The van der Waals surface area contributed by atoms with Crippen LogP contribution in [0.4, 0.5) is 0 Å². The van der Waals surface area contributed by atoms with Crippen LogP contribution in [-0.2, 0) is 11.2 Å². The monoisotopic (exact) mass is 349 g/mol. The minimum atomic E-state index is -0.422. The molecule has 0 unspecified atom stereocenters. The maximum atomic E-state index is 11.8. The number of hydrogen-bond donors (Lipinski definition) is 2. The van der Waals surface area contributed by atoms with Crippen LogP contribution >= 0.6 is 11.8 Å². The van der Waals surface area contributed by atoms with Gasteiger partial charge in [-0.05, 0) is 30.2 Å². The first kappa shape index (κ1) is 17.9. The predicted molar refractivity (Wildman–Crippen MR) is 91.8 cm³/mol. The Labute approximate surface area is 143 Å². The summed E-state index contributed by atoms with van der Waals surface area (Å²) < 4.78 is 10.4. The zero-order valence-electron chi connectivity index (χ0n) is 13.5. The number of H-pyrrole nitrogens is 1. The molecule has 0 atom stereocenters. The van der Waals surface area contributed by atoms with Crippen molar-refractivity contribution < 1.29 is 14.3 Å².